The molecule has 1 aromatic heterocycles. The first-order chi connectivity index (χ1) is 7.27. The second-order valence-corrected chi connectivity index (χ2v) is 4.78. The molecule has 0 spiro atoms. The fourth-order valence-electron chi connectivity index (χ4n) is 1.46. The number of rotatable bonds is 5. The maximum atomic E-state index is 4.16. The van der Waals surface area contributed by atoms with Crippen molar-refractivity contribution in [2.24, 2.45) is 7.05 Å². The van der Waals surface area contributed by atoms with E-state index in [-0.39, 0.29) is 0 Å². The molecule has 1 aromatic rings. The minimum absolute atomic E-state index is 0.807. The smallest absolute Gasteiger partial charge is 0.0745 e. The molecule has 0 amide bonds. The van der Waals surface area contributed by atoms with Crippen LogP contribution in [0.2, 0.25) is 0 Å². The number of nitrogens with one attached hydrogen (secondary N) is 1. The molecule has 1 heterocycles. The van der Waals surface area contributed by atoms with Crippen LogP contribution in [-0.2, 0) is 7.05 Å². The topological polar surface area (TPSA) is 29.9 Å². The Hall–Kier alpha value is -0.610. The van der Waals surface area contributed by atoms with Crippen LogP contribution in [0.4, 0.5) is 0 Å². The summed E-state index contributed by atoms with van der Waals surface area (Å²) >= 11 is 3.47. The van der Waals surface area contributed by atoms with Crippen LogP contribution in [0, 0.1) is 0 Å². The van der Waals surface area contributed by atoms with Gasteiger partial charge in [-0.1, -0.05) is 6.08 Å². The lowest BCUT2D eigenvalue weighted by molar-refractivity contribution is 0.690. The summed E-state index contributed by atoms with van der Waals surface area (Å²) in [4.78, 5) is 0. The van der Waals surface area contributed by atoms with E-state index in [1.807, 2.05) is 17.9 Å². The second-order valence-electron chi connectivity index (χ2n) is 3.92. The van der Waals surface area contributed by atoms with Gasteiger partial charge < -0.3 is 5.32 Å². The van der Waals surface area contributed by atoms with Gasteiger partial charge in [0, 0.05) is 13.1 Å². The molecule has 0 saturated heterocycles. The largest absolute Gasteiger partial charge is 0.314 e. The van der Waals surface area contributed by atoms with Crippen molar-refractivity contribution in [3.8, 4) is 0 Å². The van der Waals surface area contributed by atoms with E-state index in [0.29, 0.717) is 0 Å². The molecule has 1 saturated carbocycles. The van der Waals surface area contributed by atoms with Crippen LogP contribution in [0.5, 0.6) is 0 Å². The molecule has 1 aliphatic carbocycles. The van der Waals surface area contributed by atoms with Crippen LogP contribution >= 0.6 is 15.9 Å². The highest BCUT2D eigenvalue weighted by Crippen LogP contribution is 2.18. The highest BCUT2D eigenvalue weighted by Gasteiger charge is 2.19. The summed E-state index contributed by atoms with van der Waals surface area (Å²) in [7, 11) is 1.95. The summed E-state index contributed by atoms with van der Waals surface area (Å²) in [6.07, 6.45) is 9.92. The van der Waals surface area contributed by atoms with Gasteiger partial charge >= 0.3 is 0 Å². The molecule has 0 unspecified atom stereocenters. The van der Waals surface area contributed by atoms with E-state index in [1.54, 1.807) is 0 Å². The molecule has 0 aliphatic heterocycles. The van der Waals surface area contributed by atoms with Gasteiger partial charge in [-0.2, -0.15) is 5.10 Å². The second kappa shape index (κ2) is 4.94. The van der Waals surface area contributed by atoms with Gasteiger partial charge in [0.1, 0.15) is 0 Å². The van der Waals surface area contributed by atoms with Gasteiger partial charge in [-0.15, -0.1) is 0 Å². The van der Waals surface area contributed by atoms with Crippen molar-refractivity contribution >= 4 is 22.0 Å². The first-order valence-electron chi connectivity index (χ1n) is 5.35. The van der Waals surface area contributed by atoms with Crippen LogP contribution in [0.1, 0.15) is 25.0 Å². The molecule has 82 valence electrons. The van der Waals surface area contributed by atoms with Gasteiger partial charge in [-0.05, 0) is 47.8 Å². The van der Waals surface area contributed by atoms with Crippen molar-refractivity contribution in [3.63, 3.8) is 0 Å². The average molecular weight is 270 g/mol. The number of hydrogen-bond acceptors (Lipinski definition) is 2. The Labute approximate surface area is 98.7 Å². The zero-order valence-corrected chi connectivity index (χ0v) is 10.5. The van der Waals surface area contributed by atoms with Crippen molar-refractivity contribution in [1.82, 2.24) is 15.1 Å². The zero-order valence-electron chi connectivity index (χ0n) is 8.91. The highest BCUT2D eigenvalue weighted by molar-refractivity contribution is 9.10. The van der Waals surface area contributed by atoms with E-state index >= 15 is 0 Å². The molecule has 0 atom stereocenters. The third-order valence-electron chi connectivity index (χ3n) is 2.53. The molecule has 15 heavy (non-hydrogen) atoms. The third-order valence-corrected chi connectivity index (χ3v) is 3.15. The van der Waals surface area contributed by atoms with Gasteiger partial charge in [0.25, 0.3) is 0 Å². The van der Waals surface area contributed by atoms with Crippen LogP contribution in [0.15, 0.2) is 16.7 Å². The summed E-state index contributed by atoms with van der Waals surface area (Å²) < 4.78 is 2.92. The molecule has 0 radical (unpaired) electrons. The number of aromatic nitrogens is 2. The Morgan fingerprint density at radius 1 is 1.67 bits per heavy atom. The van der Waals surface area contributed by atoms with E-state index in [4.69, 9.17) is 0 Å². The Kier molecular flexibility index (Phi) is 3.59. The third kappa shape index (κ3) is 3.18. The lowest BCUT2D eigenvalue weighted by atomic mass is 10.3. The van der Waals surface area contributed by atoms with Crippen molar-refractivity contribution < 1.29 is 0 Å². The predicted octanol–water partition coefficient (Wildman–Crippen LogP) is 2.34. The number of aryl methyl sites for hydroxylation is 1. The van der Waals surface area contributed by atoms with Gasteiger partial charge in [0.2, 0.25) is 0 Å². The molecule has 2 rings (SSSR count). The summed E-state index contributed by atoms with van der Waals surface area (Å²) in [5.74, 6) is 0. The highest BCUT2D eigenvalue weighted by atomic mass is 79.9. The Balaban J connectivity index is 1.77. The lowest BCUT2D eigenvalue weighted by Crippen LogP contribution is -2.16. The lowest BCUT2D eigenvalue weighted by Gasteiger charge is -1.98. The maximum absolute atomic E-state index is 4.16. The standard InChI is InChI=1S/C11H16BrN3/c1-15-11(10(12)8-14-15)4-2-3-7-13-9-5-6-9/h2,4,8-9,13H,3,5-7H2,1H3/b4-2+. The van der Waals surface area contributed by atoms with Crippen LogP contribution in [-0.4, -0.2) is 22.4 Å². The normalized spacial score (nSPS) is 16.4. The number of halogens is 1. The van der Waals surface area contributed by atoms with E-state index in [0.717, 1.165) is 29.2 Å². The zero-order chi connectivity index (χ0) is 10.7. The molecule has 3 nitrogen and oxygen atoms in total. The van der Waals surface area contributed by atoms with E-state index in [1.165, 1.54) is 12.8 Å². The monoisotopic (exact) mass is 269 g/mol. The van der Waals surface area contributed by atoms with E-state index in [2.05, 4.69) is 38.5 Å². The van der Waals surface area contributed by atoms with E-state index < -0.39 is 0 Å². The molecule has 0 bridgehead atoms. The molecule has 0 aromatic carbocycles. The van der Waals surface area contributed by atoms with Crippen LogP contribution in [0.3, 0.4) is 0 Å². The van der Waals surface area contributed by atoms with E-state index in [9.17, 15) is 0 Å². The first kappa shape index (κ1) is 10.9. The predicted molar refractivity (Wildman–Crippen MR) is 65.6 cm³/mol. The Morgan fingerprint density at radius 2 is 2.47 bits per heavy atom. The minimum Gasteiger partial charge on any atom is -0.314 e. The van der Waals surface area contributed by atoms with Crippen molar-refractivity contribution in [2.45, 2.75) is 25.3 Å². The minimum atomic E-state index is 0.807. The molecular weight excluding hydrogens is 254 g/mol. The number of nitrogens with zero attached hydrogens (tertiary/aromatic N) is 2. The van der Waals surface area contributed by atoms with Crippen LogP contribution < -0.4 is 5.32 Å². The first-order valence-corrected chi connectivity index (χ1v) is 6.14. The fourth-order valence-corrected chi connectivity index (χ4v) is 1.94. The Bertz CT molecular complexity index is 333. The quantitative estimate of drug-likeness (QED) is 0.832. The summed E-state index contributed by atoms with van der Waals surface area (Å²) in [6.45, 7) is 1.08. The van der Waals surface area contributed by atoms with Gasteiger partial charge in [-0.3, -0.25) is 4.68 Å². The maximum Gasteiger partial charge on any atom is 0.0745 e. The SMILES string of the molecule is Cn1ncc(Br)c1/C=C/CCNC1CC1. The molecule has 4 heteroatoms. The van der Waals surface area contributed by atoms with Gasteiger partial charge in [0.15, 0.2) is 0 Å². The fraction of sp³-hybridized carbons (Fsp3) is 0.545. The number of hydrogen-bond donors (Lipinski definition) is 1. The molecule has 1 N–H and O–H groups in total. The van der Waals surface area contributed by atoms with Crippen molar-refractivity contribution in [2.75, 3.05) is 6.54 Å². The Morgan fingerprint density at radius 3 is 3.07 bits per heavy atom. The average Bonchev–Trinajstić information content (AvgIpc) is 2.98. The van der Waals surface area contributed by atoms with Gasteiger partial charge in [0.05, 0.1) is 16.4 Å². The summed E-state index contributed by atoms with van der Waals surface area (Å²) in [5.41, 5.74) is 1.13. The van der Waals surface area contributed by atoms with Crippen molar-refractivity contribution in [1.29, 1.82) is 0 Å². The molecule has 1 aliphatic rings. The van der Waals surface area contributed by atoms with Gasteiger partial charge in [-0.25, -0.2) is 0 Å². The van der Waals surface area contributed by atoms with Crippen molar-refractivity contribution in [3.05, 3.63) is 22.4 Å². The summed E-state index contributed by atoms with van der Waals surface area (Å²) in [5, 5.41) is 7.64. The van der Waals surface area contributed by atoms with Crippen LogP contribution in [0.25, 0.3) is 6.08 Å². The molecule has 1 fully saturated rings. The summed E-state index contributed by atoms with van der Waals surface area (Å²) in [6, 6.07) is 0.807. The molecular formula is C11H16BrN3.